The molecule has 0 heterocycles. The lowest BCUT2D eigenvalue weighted by Gasteiger charge is -2.43. The molecule has 0 nitrogen and oxygen atoms in total. The monoisotopic (exact) mass is 224 g/mol. The molecule has 0 amide bonds. The first-order valence-corrected chi connectivity index (χ1v) is 7.14. The second-order valence-electron chi connectivity index (χ2n) is 5.39. The molecule has 2 rings (SSSR count). The highest BCUT2D eigenvalue weighted by Crippen LogP contribution is 2.47. The van der Waals surface area contributed by atoms with E-state index in [1.807, 2.05) is 0 Å². The van der Waals surface area contributed by atoms with Crippen molar-refractivity contribution in [3.8, 4) is 0 Å². The average Bonchev–Trinajstić information content (AvgIpc) is 2.31. The van der Waals surface area contributed by atoms with Gasteiger partial charge in [-0.25, -0.2) is 0 Å². The molecule has 0 radical (unpaired) electrons. The predicted molar refractivity (Wildman–Crippen MR) is 70.4 cm³/mol. The zero-order valence-electron chi connectivity index (χ0n) is 9.91. The van der Waals surface area contributed by atoms with E-state index < -0.39 is 0 Å². The molecule has 0 bridgehead atoms. The van der Waals surface area contributed by atoms with Gasteiger partial charge in [0.25, 0.3) is 0 Å². The lowest BCUT2D eigenvalue weighted by molar-refractivity contribution is 0.145. The smallest absolute Gasteiger partial charge is 0.00170 e. The van der Waals surface area contributed by atoms with Crippen LogP contribution < -0.4 is 0 Å². The van der Waals surface area contributed by atoms with Gasteiger partial charge >= 0.3 is 0 Å². The van der Waals surface area contributed by atoms with Gasteiger partial charge in [0, 0.05) is 5.25 Å². The van der Waals surface area contributed by atoms with Gasteiger partial charge in [-0.2, -0.15) is 12.6 Å². The van der Waals surface area contributed by atoms with Crippen molar-refractivity contribution in [1.29, 1.82) is 0 Å². The second kappa shape index (κ2) is 4.95. The minimum atomic E-state index is 0.562. The lowest BCUT2D eigenvalue weighted by atomic mass is 9.63. The van der Waals surface area contributed by atoms with E-state index in [9.17, 15) is 0 Å². The summed E-state index contributed by atoms with van der Waals surface area (Å²) < 4.78 is 0. The number of hydrogen-bond donors (Lipinski definition) is 1. The van der Waals surface area contributed by atoms with Gasteiger partial charge < -0.3 is 0 Å². The summed E-state index contributed by atoms with van der Waals surface area (Å²) >= 11 is 4.60. The van der Waals surface area contributed by atoms with Crippen LogP contribution in [0.4, 0.5) is 0 Å². The molecule has 1 saturated carbocycles. The van der Waals surface area contributed by atoms with Crippen LogP contribution in [0.5, 0.6) is 0 Å². The van der Waals surface area contributed by atoms with Gasteiger partial charge in [0.2, 0.25) is 0 Å². The molecule has 86 valence electrons. The Bertz CT molecular complexity index is 225. The number of hydrogen-bond acceptors (Lipinski definition) is 1. The Balaban J connectivity index is 2.05. The Morgan fingerprint density at radius 2 is 2.00 bits per heavy atom. The van der Waals surface area contributed by atoms with Gasteiger partial charge in [-0.05, 0) is 62.7 Å². The standard InChI is InChI=1S/C14H24S/c1-2-14(10-4-3-5-11-14)12-6-8-13(15)9-7-12/h4,10,12-13,15H,2-3,5-9,11H2,1H3. The van der Waals surface area contributed by atoms with Crippen LogP contribution in [-0.4, -0.2) is 5.25 Å². The summed E-state index contributed by atoms with van der Waals surface area (Å²) in [5, 5.41) is 0.683. The minimum Gasteiger partial charge on any atom is -0.176 e. The molecule has 0 aromatic heterocycles. The lowest BCUT2D eigenvalue weighted by Crippen LogP contribution is -2.33. The summed E-state index contributed by atoms with van der Waals surface area (Å²) in [5.41, 5.74) is 0.562. The van der Waals surface area contributed by atoms with Crippen LogP contribution in [0.3, 0.4) is 0 Å². The summed E-state index contributed by atoms with van der Waals surface area (Å²) in [6.07, 6.45) is 16.0. The van der Waals surface area contributed by atoms with E-state index in [0.29, 0.717) is 10.7 Å². The van der Waals surface area contributed by atoms with Crippen molar-refractivity contribution in [2.45, 2.75) is 63.5 Å². The molecule has 2 aliphatic rings. The molecule has 0 N–H and O–H groups in total. The van der Waals surface area contributed by atoms with E-state index in [4.69, 9.17) is 0 Å². The van der Waals surface area contributed by atoms with Crippen molar-refractivity contribution in [1.82, 2.24) is 0 Å². The number of thiol groups is 1. The highest BCUT2D eigenvalue weighted by atomic mass is 32.1. The summed E-state index contributed by atoms with van der Waals surface area (Å²) in [4.78, 5) is 0. The van der Waals surface area contributed by atoms with Crippen molar-refractivity contribution in [3.63, 3.8) is 0 Å². The van der Waals surface area contributed by atoms with Crippen molar-refractivity contribution in [2.24, 2.45) is 11.3 Å². The molecule has 1 atom stereocenters. The van der Waals surface area contributed by atoms with Crippen molar-refractivity contribution < 1.29 is 0 Å². The van der Waals surface area contributed by atoms with Crippen LogP contribution in [-0.2, 0) is 0 Å². The van der Waals surface area contributed by atoms with Gasteiger partial charge in [0.15, 0.2) is 0 Å². The van der Waals surface area contributed by atoms with Crippen LogP contribution in [0.15, 0.2) is 12.2 Å². The van der Waals surface area contributed by atoms with Crippen LogP contribution in [0.25, 0.3) is 0 Å². The molecule has 1 heteroatoms. The van der Waals surface area contributed by atoms with Crippen molar-refractivity contribution >= 4 is 12.6 Å². The van der Waals surface area contributed by atoms with Crippen LogP contribution in [0.1, 0.15) is 58.3 Å². The van der Waals surface area contributed by atoms with Gasteiger partial charge in [-0.3, -0.25) is 0 Å². The van der Waals surface area contributed by atoms with Crippen molar-refractivity contribution in [3.05, 3.63) is 12.2 Å². The Morgan fingerprint density at radius 1 is 1.27 bits per heavy atom. The molecule has 1 fully saturated rings. The van der Waals surface area contributed by atoms with E-state index in [1.165, 1.54) is 51.4 Å². The van der Waals surface area contributed by atoms with Gasteiger partial charge in [-0.15, -0.1) is 0 Å². The third kappa shape index (κ3) is 2.43. The van der Waals surface area contributed by atoms with E-state index in [1.54, 1.807) is 0 Å². The van der Waals surface area contributed by atoms with Crippen molar-refractivity contribution in [2.75, 3.05) is 0 Å². The average molecular weight is 224 g/mol. The maximum absolute atomic E-state index is 4.60. The zero-order valence-corrected chi connectivity index (χ0v) is 10.8. The molecule has 2 aliphatic carbocycles. The Morgan fingerprint density at radius 3 is 2.53 bits per heavy atom. The maximum atomic E-state index is 4.60. The predicted octanol–water partition coefficient (Wildman–Crippen LogP) is 4.61. The first kappa shape index (κ1) is 11.6. The third-order valence-corrected chi connectivity index (χ3v) is 5.15. The molecule has 0 aliphatic heterocycles. The van der Waals surface area contributed by atoms with E-state index in [2.05, 4.69) is 31.7 Å². The fourth-order valence-corrected chi connectivity index (χ4v) is 3.82. The summed E-state index contributed by atoms with van der Waals surface area (Å²) in [6.45, 7) is 2.38. The van der Waals surface area contributed by atoms with E-state index in [-0.39, 0.29) is 0 Å². The largest absolute Gasteiger partial charge is 0.176 e. The first-order chi connectivity index (χ1) is 7.27. The molecular weight excluding hydrogens is 200 g/mol. The minimum absolute atomic E-state index is 0.562. The number of allylic oxidation sites excluding steroid dienone is 2. The zero-order chi connectivity index (χ0) is 10.7. The second-order valence-corrected chi connectivity index (χ2v) is 6.12. The Hall–Kier alpha value is 0.0900. The summed E-state index contributed by atoms with van der Waals surface area (Å²) in [7, 11) is 0. The fourth-order valence-electron chi connectivity index (χ4n) is 3.52. The van der Waals surface area contributed by atoms with E-state index in [0.717, 1.165) is 5.92 Å². The summed E-state index contributed by atoms with van der Waals surface area (Å²) in [5.74, 6) is 0.947. The van der Waals surface area contributed by atoms with Gasteiger partial charge in [0.05, 0.1) is 0 Å². The highest BCUT2D eigenvalue weighted by molar-refractivity contribution is 7.80. The number of rotatable bonds is 2. The molecular formula is C14H24S. The fraction of sp³-hybridized carbons (Fsp3) is 0.857. The SMILES string of the molecule is CCC1(C2CCC(S)CC2)C=CCCC1. The topological polar surface area (TPSA) is 0 Å². The molecule has 0 aromatic carbocycles. The van der Waals surface area contributed by atoms with Crippen LogP contribution in [0, 0.1) is 11.3 Å². The molecule has 0 aromatic rings. The van der Waals surface area contributed by atoms with Gasteiger partial charge in [-0.1, -0.05) is 19.1 Å². The summed E-state index contributed by atoms with van der Waals surface area (Å²) in [6, 6.07) is 0. The first-order valence-electron chi connectivity index (χ1n) is 6.62. The Labute approximate surface area is 99.9 Å². The molecule has 1 unspecified atom stereocenters. The Kier molecular flexibility index (Phi) is 3.82. The quantitative estimate of drug-likeness (QED) is 0.514. The maximum Gasteiger partial charge on any atom is 0.00170 e. The molecule has 0 saturated heterocycles. The van der Waals surface area contributed by atoms with Crippen LogP contribution in [0.2, 0.25) is 0 Å². The molecule has 15 heavy (non-hydrogen) atoms. The normalized spacial score (nSPS) is 41.7. The molecule has 0 spiro atoms. The third-order valence-electron chi connectivity index (χ3n) is 4.63. The highest BCUT2D eigenvalue weighted by Gasteiger charge is 2.37. The van der Waals surface area contributed by atoms with Gasteiger partial charge in [0.1, 0.15) is 0 Å². The van der Waals surface area contributed by atoms with Crippen LogP contribution >= 0.6 is 12.6 Å². The van der Waals surface area contributed by atoms with E-state index >= 15 is 0 Å².